The zero-order valence-corrected chi connectivity index (χ0v) is 15.8. The lowest BCUT2D eigenvalue weighted by molar-refractivity contribution is 0.306. The molecular weight excluding hydrogens is 352 g/mol. The van der Waals surface area contributed by atoms with E-state index >= 15 is 0 Å². The van der Waals surface area contributed by atoms with Crippen LogP contribution in [-0.2, 0) is 6.61 Å². The molecule has 1 heterocycles. The zero-order chi connectivity index (χ0) is 19.5. The number of methoxy groups -OCH3 is 1. The third kappa shape index (κ3) is 3.62. The summed E-state index contributed by atoms with van der Waals surface area (Å²) in [6.45, 7) is 2.51. The van der Waals surface area contributed by atoms with Crippen LogP contribution in [-0.4, -0.2) is 7.11 Å². The molecule has 0 unspecified atom stereocenters. The lowest BCUT2D eigenvalue weighted by Crippen LogP contribution is -2.05. The van der Waals surface area contributed by atoms with Crippen LogP contribution in [0.25, 0.3) is 22.1 Å². The first-order chi connectivity index (χ1) is 13.6. The van der Waals surface area contributed by atoms with E-state index in [4.69, 9.17) is 13.9 Å². The average molecular weight is 372 g/mol. The number of fused-ring (bicyclic) bond motifs is 1. The van der Waals surface area contributed by atoms with Crippen molar-refractivity contribution in [3.63, 3.8) is 0 Å². The first kappa shape index (κ1) is 17.9. The monoisotopic (exact) mass is 372 g/mol. The molecular formula is C24H20O4. The van der Waals surface area contributed by atoms with Crippen LogP contribution < -0.4 is 14.9 Å². The maximum Gasteiger partial charge on any atom is 0.200 e. The largest absolute Gasteiger partial charge is 0.497 e. The van der Waals surface area contributed by atoms with Crippen molar-refractivity contribution in [1.82, 2.24) is 0 Å². The van der Waals surface area contributed by atoms with E-state index in [0.717, 1.165) is 16.9 Å². The van der Waals surface area contributed by atoms with Gasteiger partial charge in [-0.05, 0) is 42.3 Å². The fourth-order valence-corrected chi connectivity index (χ4v) is 3.02. The molecule has 3 aromatic carbocycles. The van der Waals surface area contributed by atoms with E-state index in [1.54, 1.807) is 25.3 Å². The lowest BCUT2D eigenvalue weighted by atomic mass is 10.1. The fourth-order valence-electron chi connectivity index (χ4n) is 3.02. The Hall–Kier alpha value is -3.53. The van der Waals surface area contributed by atoms with Crippen molar-refractivity contribution in [3.8, 4) is 22.6 Å². The second kappa shape index (κ2) is 7.61. The third-order valence-electron chi connectivity index (χ3n) is 4.67. The molecule has 4 heteroatoms. The summed E-state index contributed by atoms with van der Waals surface area (Å²) in [4.78, 5) is 12.9. The Bertz CT molecular complexity index is 1160. The first-order valence-corrected chi connectivity index (χ1v) is 9.02. The van der Waals surface area contributed by atoms with Gasteiger partial charge in [-0.3, -0.25) is 4.79 Å². The number of benzene rings is 3. The predicted molar refractivity (Wildman–Crippen MR) is 110 cm³/mol. The van der Waals surface area contributed by atoms with Gasteiger partial charge in [0.1, 0.15) is 30.0 Å². The summed E-state index contributed by atoms with van der Waals surface area (Å²) in [6, 6.07) is 20.8. The molecule has 28 heavy (non-hydrogen) atoms. The van der Waals surface area contributed by atoms with Crippen LogP contribution in [0.2, 0.25) is 0 Å². The number of hydrogen-bond donors (Lipinski definition) is 0. The number of ether oxygens (including phenoxy) is 2. The molecule has 0 atom stereocenters. The van der Waals surface area contributed by atoms with Crippen molar-refractivity contribution in [3.05, 3.63) is 94.3 Å². The molecule has 0 fully saturated rings. The van der Waals surface area contributed by atoms with E-state index in [1.807, 2.05) is 36.4 Å². The average Bonchev–Trinajstić information content (AvgIpc) is 2.74. The van der Waals surface area contributed by atoms with Gasteiger partial charge in [-0.2, -0.15) is 0 Å². The maximum absolute atomic E-state index is 12.9. The molecule has 0 radical (unpaired) electrons. The molecule has 0 N–H and O–H groups in total. The van der Waals surface area contributed by atoms with Gasteiger partial charge >= 0.3 is 0 Å². The Morgan fingerprint density at radius 2 is 1.61 bits per heavy atom. The fraction of sp³-hybridized carbons (Fsp3) is 0.125. The number of aryl methyl sites for hydroxylation is 1. The Kier molecular flexibility index (Phi) is 4.85. The molecule has 4 rings (SSSR count). The summed E-state index contributed by atoms with van der Waals surface area (Å²) >= 11 is 0. The van der Waals surface area contributed by atoms with Crippen LogP contribution in [0, 0.1) is 6.92 Å². The minimum atomic E-state index is -0.0727. The van der Waals surface area contributed by atoms with Gasteiger partial charge in [-0.1, -0.05) is 42.0 Å². The van der Waals surface area contributed by atoms with E-state index in [9.17, 15) is 4.79 Å². The lowest BCUT2D eigenvalue weighted by Gasteiger charge is -2.08. The SMILES string of the molecule is COc1ccc(-c2coc3cc(OCc4ccc(C)cc4)ccc3c2=O)cc1. The van der Waals surface area contributed by atoms with Gasteiger partial charge in [0.15, 0.2) is 5.43 Å². The summed E-state index contributed by atoms with van der Waals surface area (Å²) in [5, 5.41) is 0.524. The van der Waals surface area contributed by atoms with E-state index in [0.29, 0.717) is 28.9 Å². The highest BCUT2D eigenvalue weighted by Crippen LogP contribution is 2.25. The summed E-state index contributed by atoms with van der Waals surface area (Å²) < 4.78 is 16.7. The van der Waals surface area contributed by atoms with Crippen molar-refractivity contribution in [2.75, 3.05) is 7.11 Å². The van der Waals surface area contributed by atoms with Crippen LogP contribution >= 0.6 is 0 Å². The van der Waals surface area contributed by atoms with Crippen molar-refractivity contribution in [2.45, 2.75) is 13.5 Å². The van der Waals surface area contributed by atoms with Gasteiger partial charge in [-0.25, -0.2) is 0 Å². The van der Waals surface area contributed by atoms with Gasteiger partial charge < -0.3 is 13.9 Å². The first-order valence-electron chi connectivity index (χ1n) is 9.02. The number of hydrogen-bond acceptors (Lipinski definition) is 4. The maximum atomic E-state index is 12.9. The van der Waals surface area contributed by atoms with E-state index in [-0.39, 0.29) is 5.43 Å². The molecule has 0 amide bonds. The van der Waals surface area contributed by atoms with Gasteiger partial charge in [0.2, 0.25) is 0 Å². The quantitative estimate of drug-likeness (QED) is 0.473. The smallest absolute Gasteiger partial charge is 0.200 e. The summed E-state index contributed by atoms with van der Waals surface area (Å²) in [5.41, 5.74) is 4.03. The van der Waals surface area contributed by atoms with Gasteiger partial charge in [0, 0.05) is 6.07 Å². The van der Waals surface area contributed by atoms with Crippen LogP contribution in [0.3, 0.4) is 0 Å². The summed E-state index contributed by atoms with van der Waals surface area (Å²) in [5.74, 6) is 1.40. The highest BCUT2D eigenvalue weighted by molar-refractivity contribution is 5.82. The van der Waals surface area contributed by atoms with Crippen molar-refractivity contribution < 1.29 is 13.9 Å². The Labute approximate surface area is 163 Å². The van der Waals surface area contributed by atoms with Gasteiger partial charge in [0.05, 0.1) is 18.1 Å². The van der Waals surface area contributed by atoms with E-state index in [1.165, 1.54) is 11.8 Å². The van der Waals surface area contributed by atoms with Crippen molar-refractivity contribution in [2.24, 2.45) is 0 Å². The van der Waals surface area contributed by atoms with Gasteiger partial charge in [-0.15, -0.1) is 0 Å². The van der Waals surface area contributed by atoms with E-state index < -0.39 is 0 Å². The number of rotatable bonds is 5. The highest BCUT2D eigenvalue weighted by atomic mass is 16.5. The predicted octanol–water partition coefficient (Wildman–Crippen LogP) is 5.36. The van der Waals surface area contributed by atoms with Crippen LogP contribution in [0.4, 0.5) is 0 Å². The molecule has 0 saturated carbocycles. The Morgan fingerprint density at radius 1 is 0.893 bits per heavy atom. The molecule has 4 nitrogen and oxygen atoms in total. The summed E-state index contributed by atoms with van der Waals surface area (Å²) in [6.07, 6.45) is 1.50. The molecule has 4 aromatic rings. The molecule has 0 saturated heterocycles. The zero-order valence-electron chi connectivity index (χ0n) is 15.8. The normalized spacial score (nSPS) is 10.8. The molecule has 0 bridgehead atoms. The van der Waals surface area contributed by atoms with Crippen molar-refractivity contribution in [1.29, 1.82) is 0 Å². The standard InChI is InChI=1S/C24H20O4/c1-16-3-5-17(6-4-16)14-27-20-11-12-21-23(13-20)28-15-22(24(21)25)18-7-9-19(26-2)10-8-18/h3-13,15H,14H2,1-2H3. The second-order valence-corrected chi connectivity index (χ2v) is 6.64. The van der Waals surface area contributed by atoms with Gasteiger partial charge in [0.25, 0.3) is 0 Å². The minimum Gasteiger partial charge on any atom is -0.497 e. The summed E-state index contributed by atoms with van der Waals surface area (Å²) in [7, 11) is 1.61. The molecule has 140 valence electrons. The van der Waals surface area contributed by atoms with E-state index in [2.05, 4.69) is 19.1 Å². The Balaban J connectivity index is 1.60. The topological polar surface area (TPSA) is 48.7 Å². The minimum absolute atomic E-state index is 0.0727. The molecule has 0 aliphatic heterocycles. The van der Waals surface area contributed by atoms with Crippen molar-refractivity contribution >= 4 is 11.0 Å². The third-order valence-corrected chi connectivity index (χ3v) is 4.67. The molecule has 1 aromatic heterocycles. The second-order valence-electron chi connectivity index (χ2n) is 6.64. The van der Waals surface area contributed by atoms with Crippen LogP contribution in [0.5, 0.6) is 11.5 Å². The molecule has 0 spiro atoms. The molecule has 0 aliphatic carbocycles. The molecule has 0 aliphatic rings. The Morgan fingerprint density at radius 3 is 2.32 bits per heavy atom. The highest BCUT2D eigenvalue weighted by Gasteiger charge is 2.10. The van der Waals surface area contributed by atoms with Crippen LogP contribution in [0.1, 0.15) is 11.1 Å². The van der Waals surface area contributed by atoms with Crippen LogP contribution in [0.15, 0.2) is 82.2 Å².